The molecule has 0 bridgehead atoms. The van der Waals surface area contributed by atoms with E-state index in [0.717, 1.165) is 10.5 Å². The molecule has 8 nitrogen and oxygen atoms in total. The maximum Gasteiger partial charge on any atom is 0.243 e. The lowest BCUT2D eigenvalue weighted by Crippen LogP contribution is -2.51. The molecule has 2 heterocycles. The number of benzene rings is 1. The zero-order valence-electron chi connectivity index (χ0n) is 16.2. The highest BCUT2D eigenvalue weighted by atomic mass is 32.2. The minimum absolute atomic E-state index is 0.0707. The number of aryl methyl sites for hydroxylation is 2. The normalized spacial score (nSPS) is 18.8. The van der Waals surface area contributed by atoms with E-state index in [4.69, 9.17) is 0 Å². The predicted octanol–water partition coefficient (Wildman–Crippen LogP) is 0.675. The maximum atomic E-state index is 12.9. The Morgan fingerprint density at radius 3 is 2.18 bits per heavy atom. The fraction of sp³-hybridized carbons (Fsp3) is 0.526. The third-order valence-corrected chi connectivity index (χ3v) is 7.30. The molecule has 28 heavy (non-hydrogen) atoms. The Labute approximate surface area is 165 Å². The van der Waals surface area contributed by atoms with Crippen LogP contribution in [0.3, 0.4) is 0 Å². The first-order valence-corrected chi connectivity index (χ1v) is 10.8. The number of rotatable bonds is 5. The summed E-state index contributed by atoms with van der Waals surface area (Å²) in [6.07, 6.45) is 0.491. The number of amides is 3. The van der Waals surface area contributed by atoms with E-state index in [2.05, 4.69) is 0 Å². The average Bonchev–Trinajstić information content (AvgIpc) is 2.97. The maximum absolute atomic E-state index is 12.9. The largest absolute Gasteiger partial charge is 0.340 e. The number of hydrogen-bond acceptors (Lipinski definition) is 5. The molecule has 2 saturated heterocycles. The monoisotopic (exact) mass is 407 g/mol. The van der Waals surface area contributed by atoms with E-state index in [1.54, 1.807) is 24.0 Å². The minimum atomic E-state index is -3.60. The topological polar surface area (TPSA) is 95.1 Å². The molecule has 1 aromatic carbocycles. The van der Waals surface area contributed by atoms with E-state index in [9.17, 15) is 22.8 Å². The third-order valence-electron chi connectivity index (χ3n) is 5.24. The molecular formula is C19H25N3O5S. The summed E-state index contributed by atoms with van der Waals surface area (Å²) < 4.78 is 27.2. The molecule has 3 amide bonds. The molecule has 0 saturated carbocycles. The quantitative estimate of drug-likeness (QED) is 0.669. The average molecular weight is 407 g/mol. The molecule has 9 heteroatoms. The highest BCUT2D eigenvalue weighted by molar-refractivity contribution is 7.89. The van der Waals surface area contributed by atoms with Gasteiger partial charge in [-0.1, -0.05) is 17.7 Å². The standard InChI is InChI=1S/C19H25N3O5S/c1-14-3-4-16(15(2)13-14)28(26,27)21-11-9-20(10-12-21)17(23)7-8-22-18(24)5-6-19(22)25/h3-4,13H,5-12H2,1-2H3. The van der Waals surface area contributed by atoms with Crippen molar-refractivity contribution in [3.63, 3.8) is 0 Å². The number of sulfonamides is 1. The van der Waals surface area contributed by atoms with Gasteiger partial charge >= 0.3 is 0 Å². The highest BCUT2D eigenvalue weighted by Gasteiger charge is 2.32. The fourth-order valence-electron chi connectivity index (χ4n) is 3.64. The van der Waals surface area contributed by atoms with E-state index in [0.29, 0.717) is 23.5 Å². The molecule has 0 atom stereocenters. The van der Waals surface area contributed by atoms with Crippen LogP contribution < -0.4 is 0 Å². The van der Waals surface area contributed by atoms with Crippen LogP contribution in [-0.4, -0.2) is 73.0 Å². The number of carbonyl (C=O) groups excluding carboxylic acids is 3. The number of carbonyl (C=O) groups is 3. The Morgan fingerprint density at radius 1 is 1.00 bits per heavy atom. The second kappa shape index (κ2) is 8.00. The van der Waals surface area contributed by atoms with Gasteiger partial charge in [-0.05, 0) is 25.5 Å². The molecule has 0 N–H and O–H groups in total. The molecule has 2 aliphatic heterocycles. The van der Waals surface area contributed by atoms with Crippen molar-refractivity contribution in [1.29, 1.82) is 0 Å². The second-order valence-corrected chi connectivity index (χ2v) is 9.15. The summed E-state index contributed by atoms with van der Waals surface area (Å²) in [5, 5.41) is 0. The van der Waals surface area contributed by atoms with Crippen molar-refractivity contribution in [2.24, 2.45) is 0 Å². The van der Waals surface area contributed by atoms with Crippen molar-refractivity contribution in [2.75, 3.05) is 32.7 Å². The van der Waals surface area contributed by atoms with Crippen molar-refractivity contribution in [3.05, 3.63) is 29.3 Å². The summed E-state index contributed by atoms with van der Waals surface area (Å²) in [4.78, 5) is 38.7. The van der Waals surface area contributed by atoms with Gasteiger partial charge in [0.25, 0.3) is 0 Å². The van der Waals surface area contributed by atoms with Gasteiger partial charge in [0, 0.05) is 52.0 Å². The number of likely N-dealkylation sites (tertiary alicyclic amines) is 1. The number of piperazine rings is 1. The first-order chi connectivity index (χ1) is 13.2. The minimum Gasteiger partial charge on any atom is -0.340 e. The molecule has 0 aliphatic carbocycles. The van der Waals surface area contributed by atoms with E-state index < -0.39 is 10.0 Å². The van der Waals surface area contributed by atoms with Crippen LogP contribution in [0.5, 0.6) is 0 Å². The van der Waals surface area contributed by atoms with Crippen LogP contribution in [0.2, 0.25) is 0 Å². The zero-order chi connectivity index (χ0) is 20.5. The third kappa shape index (κ3) is 4.10. The van der Waals surface area contributed by atoms with Gasteiger partial charge in [-0.25, -0.2) is 8.42 Å². The molecule has 0 radical (unpaired) electrons. The summed E-state index contributed by atoms with van der Waals surface area (Å²) >= 11 is 0. The Kier molecular flexibility index (Phi) is 5.85. The molecule has 2 fully saturated rings. The van der Waals surface area contributed by atoms with Gasteiger partial charge in [0.1, 0.15) is 0 Å². The van der Waals surface area contributed by atoms with Crippen LogP contribution in [0.4, 0.5) is 0 Å². The Morgan fingerprint density at radius 2 is 1.61 bits per heavy atom. The van der Waals surface area contributed by atoms with Crippen LogP contribution in [-0.2, 0) is 24.4 Å². The molecule has 1 aromatic rings. The summed E-state index contributed by atoms with van der Waals surface area (Å²) in [6, 6.07) is 5.25. The highest BCUT2D eigenvalue weighted by Crippen LogP contribution is 2.22. The van der Waals surface area contributed by atoms with Crippen LogP contribution in [0, 0.1) is 13.8 Å². The lowest BCUT2D eigenvalue weighted by molar-refractivity contribution is -0.139. The van der Waals surface area contributed by atoms with Crippen LogP contribution in [0.25, 0.3) is 0 Å². The Balaban J connectivity index is 1.57. The van der Waals surface area contributed by atoms with Crippen molar-refractivity contribution in [1.82, 2.24) is 14.1 Å². The van der Waals surface area contributed by atoms with Gasteiger partial charge in [-0.2, -0.15) is 4.31 Å². The molecule has 3 rings (SSSR count). The van der Waals surface area contributed by atoms with Gasteiger partial charge < -0.3 is 4.90 Å². The molecule has 0 spiro atoms. The van der Waals surface area contributed by atoms with Crippen LogP contribution in [0.15, 0.2) is 23.1 Å². The second-order valence-electron chi connectivity index (χ2n) is 7.24. The van der Waals surface area contributed by atoms with E-state index in [1.165, 1.54) is 4.31 Å². The summed E-state index contributed by atoms with van der Waals surface area (Å²) in [6.45, 7) is 4.83. The van der Waals surface area contributed by atoms with Gasteiger partial charge in [0.05, 0.1) is 4.90 Å². The lowest BCUT2D eigenvalue weighted by Gasteiger charge is -2.34. The summed E-state index contributed by atoms with van der Waals surface area (Å²) in [5.41, 5.74) is 1.71. The number of hydrogen-bond donors (Lipinski definition) is 0. The molecular weight excluding hydrogens is 382 g/mol. The van der Waals surface area contributed by atoms with Gasteiger partial charge in [0.15, 0.2) is 0 Å². The molecule has 0 aromatic heterocycles. The van der Waals surface area contributed by atoms with Crippen molar-refractivity contribution in [3.8, 4) is 0 Å². The predicted molar refractivity (Wildman–Crippen MR) is 102 cm³/mol. The van der Waals surface area contributed by atoms with Gasteiger partial charge in [0.2, 0.25) is 27.7 Å². The summed E-state index contributed by atoms with van der Waals surface area (Å²) in [7, 11) is -3.60. The van der Waals surface area contributed by atoms with E-state index >= 15 is 0 Å². The fourth-order valence-corrected chi connectivity index (χ4v) is 5.27. The number of nitrogens with zero attached hydrogens (tertiary/aromatic N) is 3. The van der Waals surface area contributed by atoms with Crippen LogP contribution in [0.1, 0.15) is 30.4 Å². The lowest BCUT2D eigenvalue weighted by atomic mass is 10.2. The Bertz CT molecular complexity index is 888. The molecule has 2 aliphatic rings. The SMILES string of the molecule is Cc1ccc(S(=O)(=O)N2CCN(C(=O)CCN3C(=O)CCC3=O)CC2)c(C)c1. The first-order valence-electron chi connectivity index (χ1n) is 9.38. The van der Waals surface area contributed by atoms with Gasteiger partial charge in [-0.3, -0.25) is 19.3 Å². The van der Waals surface area contributed by atoms with Gasteiger partial charge in [-0.15, -0.1) is 0 Å². The smallest absolute Gasteiger partial charge is 0.243 e. The Hall–Kier alpha value is -2.26. The molecule has 152 valence electrons. The first kappa shape index (κ1) is 20.5. The van der Waals surface area contributed by atoms with Crippen molar-refractivity contribution >= 4 is 27.7 Å². The van der Waals surface area contributed by atoms with Crippen molar-refractivity contribution < 1.29 is 22.8 Å². The zero-order valence-corrected chi connectivity index (χ0v) is 17.0. The van der Waals surface area contributed by atoms with E-state index in [-0.39, 0.29) is 56.6 Å². The van der Waals surface area contributed by atoms with E-state index in [1.807, 2.05) is 13.0 Å². The van der Waals surface area contributed by atoms with Crippen molar-refractivity contribution in [2.45, 2.75) is 38.0 Å². The number of imide groups is 1. The molecule has 0 unspecified atom stereocenters. The summed E-state index contributed by atoms with van der Waals surface area (Å²) in [5.74, 6) is -0.638. The van der Waals surface area contributed by atoms with Crippen LogP contribution >= 0.6 is 0 Å².